The molecule has 106 valence electrons. The zero-order chi connectivity index (χ0) is 14.4. The van der Waals surface area contributed by atoms with E-state index < -0.39 is 0 Å². The minimum absolute atomic E-state index is 0.151. The molecule has 0 fully saturated rings. The third-order valence-corrected chi connectivity index (χ3v) is 3.19. The lowest BCUT2D eigenvalue weighted by atomic mass is 10.1. The highest BCUT2D eigenvalue weighted by Crippen LogP contribution is 2.11. The quantitative estimate of drug-likeness (QED) is 0.869. The molecule has 0 aliphatic rings. The normalized spacial score (nSPS) is 11.0. The van der Waals surface area contributed by atoms with Gasteiger partial charge in [-0.15, -0.1) is 0 Å². The van der Waals surface area contributed by atoms with Crippen LogP contribution in [0.25, 0.3) is 0 Å². The largest absolute Gasteiger partial charge is 0.309 e. The zero-order valence-electron chi connectivity index (χ0n) is 12.1. The van der Waals surface area contributed by atoms with Crippen molar-refractivity contribution in [2.45, 2.75) is 19.6 Å². The Morgan fingerprint density at radius 3 is 2.05 bits per heavy atom. The Hall–Kier alpha value is -1.71. The second-order valence-electron chi connectivity index (χ2n) is 5.20. The molecule has 0 radical (unpaired) electrons. The number of rotatable bonds is 6. The molecule has 3 heteroatoms. The van der Waals surface area contributed by atoms with E-state index >= 15 is 0 Å². The van der Waals surface area contributed by atoms with E-state index in [0.717, 1.165) is 13.1 Å². The number of hydrogen-bond donors (Lipinski definition) is 1. The highest BCUT2D eigenvalue weighted by molar-refractivity contribution is 5.27. The number of hydrogen-bond acceptors (Lipinski definition) is 2. The number of nitrogens with one attached hydrogen (secondary N) is 1. The number of halogens is 1. The SMILES string of the molecule is CN(C)Cc1ccccc1CNCc1ccccc1F. The molecule has 0 aliphatic heterocycles. The lowest BCUT2D eigenvalue weighted by Crippen LogP contribution is -2.17. The van der Waals surface area contributed by atoms with Crippen molar-refractivity contribution in [2.24, 2.45) is 0 Å². The number of nitrogens with zero attached hydrogens (tertiary/aromatic N) is 1. The summed E-state index contributed by atoms with van der Waals surface area (Å²) in [5.74, 6) is -0.151. The van der Waals surface area contributed by atoms with Gasteiger partial charge in [-0.3, -0.25) is 0 Å². The summed E-state index contributed by atoms with van der Waals surface area (Å²) < 4.78 is 13.5. The van der Waals surface area contributed by atoms with E-state index in [1.54, 1.807) is 6.07 Å². The van der Waals surface area contributed by atoms with Gasteiger partial charge in [0.15, 0.2) is 0 Å². The molecule has 2 aromatic rings. The fourth-order valence-electron chi connectivity index (χ4n) is 2.20. The first-order chi connectivity index (χ1) is 9.66. The molecule has 2 rings (SSSR count). The van der Waals surface area contributed by atoms with Gasteiger partial charge in [-0.25, -0.2) is 4.39 Å². The monoisotopic (exact) mass is 272 g/mol. The van der Waals surface area contributed by atoms with Crippen LogP contribution >= 0.6 is 0 Å². The molecule has 0 aliphatic carbocycles. The van der Waals surface area contributed by atoms with Crippen LogP contribution < -0.4 is 5.32 Å². The Morgan fingerprint density at radius 1 is 0.850 bits per heavy atom. The summed E-state index contributed by atoms with van der Waals surface area (Å²) in [6, 6.07) is 15.2. The minimum atomic E-state index is -0.151. The van der Waals surface area contributed by atoms with Gasteiger partial charge in [0.2, 0.25) is 0 Å². The van der Waals surface area contributed by atoms with Crippen LogP contribution in [-0.2, 0) is 19.6 Å². The van der Waals surface area contributed by atoms with Crippen LogP contribution in [0.5, 0.6) is 0 Å². The summed E-state index contributed by atoms with van der Waals surface area (Å²) in [5, 5.41) is 3.31. The van der Waals surface area contributed by atoms with E-state index in [4.69, 9.17) is 0 Å². The van der Waals surface area contributed by atoms with Crippen molar-refractivity contribution in [3.8, 4) is 0 Å². The first-order valence-corrected chi connectivity index (χ1v) is 6.82. The standard InChI is InChI=1S/C17H21FN2/c1-20(2)13-16-9-4-3-7-14(16)11-19-12-15-8-5-6-10-17(15)18/h3-10,19H,11-13H2,1-2H3. The van der Waals surface area contributed by atoms with Crippen LogP contribution in [-0.4, -0.2) is 19.0 Å². The van der Waals surface area contributed by atoms with Gasteiger partial charge in [-0.05, 0) is 31.3 Å². The van der Waals surface area contributed by atoms with Crippen molar-refractivity contribution in [3.05, 3.63) is 71.0 Å². The van der Waals surface area contributed by atoms with Crippen molar-refractivity contribution in [1.29, 1.82) is 0 Å². The summed E-state index contributed by atoms with van der Waals surface area (Å²) in [6.45, 7) is 2.21. The first-order valence-electron chi connectivity index (χ1n) is 6.82. The molecular weight excluding hydrogens is 251 g/mol. The predicted molar refractivity (Wildman–Crippen MR) is 80.8 cm³/mol. The minimum Gasteiger partial charge on any atom is -0.309 e. The van der Waals surface area contributed by atoms with E-state index in [1.165, 1.54) is 17.2 Å². The van der Waals surface area contributed by atoms with Crippen molar-refractivity contribution in [1.82, 2.24) is 10.2 Å². The van der Waals surface area contributed by atoms with Crippen LogP contribution in [0, 0.1) is 5.82 Å². The maximum Gasteiger partial charge on any atom is 0.127 e. The Kier molecular flexibility index (Phi) is 5.27. The molecule has 2 aromatic carbocycles. The molecule has 0 unspecified atom stereocenters. The third-order valence-electron chi connectivity index (χ3n) is 3.19. The Balaban J connectivity index is 1.96. The van der Waals surface area contributed by atoms with E-state index in [9.17, 15) is 4.39 Å². The molecule has 0 heterocycles. The van der Waals surface area contributed by atoms with E-state index in [-0.39, 0.29) is 5.82 Å². The fraction of sp³-hybridized carbons (Fsp3) is 0.294. The Bertz CT molecular complexity index is 552. The highest BCUT2D eigenvalue weighted by atomic mass is 19.1. The maximum atomic E-state index is 13.5. The molecular formula is C17H21FN2. The molecule has 0 atom stereocenters. The fourth-order valence-corrected chi connectivity index (χ4v) is 2.20. The zero-order valence-corrected chi connectivity index (χ0v) is 12.1. The molecule has 0 aromatic heterocycles. The van der Waals surface area contributed by atoms with Gasteiger partial charge in [0, 0.05) is 25.2 Å². The van der Waals surface area contributed by atoms with Gasteiger partial charge < -0.3 is 10.2 Å². The summed E-state index contributed by atoms with van der Waals surface area (Å²) in [4.78, 5) is 2.15. The number of benzene rings is 2. The molecule has 2 nitrogen and oxygen atoms in total. The van der Waals surface area contributed by atoms with Gasteiger partial charge in [0.1, 0.15) is 5.82 Å². The van der Waals surface area contributed by atoms with E-state index in [0.29, 0.717) is 12.1 Å². The van der Waals surface area contributed by atoms with Crippen molar-refractivity contribution < 1.29 is 4.39 Å². The van der Waals surface area contributed by atoms with Crippen molar-refractivity contribution in [2.75, 3.05) is 14.1 Å². The van der Waals surface area contributed by atoms with E-state index in [2.05, 4.69) is 42.5 Å². The second kappa shape index (κ2) is 7.17. The van der Waals surface area contributed by atoms with Gasteiger partial charge in [0.25, 0.3) is 0 Å². The predicted octanol–water partition coefficient (Wildman–Crippen LogP) is 3.18. The molecule has 0 saturated heterocycles. The van der Waals surface area contributed by atoms with Gasteiger partial charge in [0.05, 0.1) is 0 Å². The van der Waals surface area contributed by atoms with Gasteiger partial charge in [-0.1, -0.05) is 42.5 Å². The van der Waals surface area contributed by atoms with E-state index in [1.807, 2.05) is 18.2 Å². The lowest BCUT2D eigenvalue weighted by Gasteiger charge is -2.14. The molecule has 0 amide bonds. The Morgan fingerprint density at radius 2 is 1.40 bits per heavy atom. The smallest absolute Gasteiger partial charge is 0.127 e. The van der Waals surface area contributed by atoms with Crippen LogP contribution in [0.1, 0.15) is 16.7 Å². The van der Waals surface area contributed by atoms with Crippen LogP contribution in [0.4, 0.5) is 4.39 Å². The van der Waals surface area contributed by atoms with Crippen molar-refractivity contribution >= 4 is 0 Å². The second-order valence-corrected chi connectivity index (χ2v) is 5.20. The van der Waals surface area contributed by atoms with Crippen LogP contribution in [0.2, 0.25) is 0 Å². The van der Waals surface area contributed by atoms with Crippen molar-refractivity contribution in [3.63, 3.8) is 0 Å². The first kappa shape index (κ1) is 14.7. The van der Waals surface area contributed by atoms with Gasteiger partial charge in [-0.2, -0.15) is 0 Å². The van der Waals surface area contributed by atoms with Gasteiger partial charge >= 0.3 is 0 Å². The Labute approximate surface area is 120 Å². The summed E-state index contributed by atoms with van der Waals surface area (Å²) in [6.07, 6.45) is 0. The highest BCUT2D eigenvalue weighted by Gasteiger charge is 2.04. The molecule has 0 saturated carbocycles. The van der Waals surface area contributed by atoms with Crippen LogP contribution in [0.3, 0.4) is 0 Å². The molecule has 20 heavy (non-hydrogen) atoms. The molecule has 0 spiro atoms. The maximum absolute atomic E-state index is 13.5. The summed E-state index contributed by atoms with van der Waals surface area (Å²) in [7, 11) is 4.12. The molecule has 1 N–H and O–H groups in total. The topological polar surface area (TPSA) is 15.3 Å². The molecule has 0 bridgehead atoms. The summed E-state index contributed by atoms with van der Waals surface area (Å²) in [5.41, 5.74) is 3.27. The third kappa shape index (κ3) is 4.15. The average Bonchev–Trinajstić information content (AvgIpc) is 2.42. The lowest BCUT2D eigenvalue weighted by molar-refractivity contribution is 0.400. The summed E-state index contributed by atoms with van der Waals surface area (Å²) >= 11 is 0. The van der Waals surface area contributed by atoms with Crippen LogP contribution in [0.15, 0.2) is 48.5 Å². The average molecular weight is 272 g/mol.